The number of unbranched alkanes of at least 4 members (excludes halogenated alkanes) is 2. The standard InChI is InChI=1S/C10H16N2O.C6H8N2O.C4H8O/c1-2-3-6-11-10-5-4-9(8-13)7-12-10;7-6-2-1-5(4-9)3-8-6;1-2-3-4-5/h4-5,7,13H,2-3,6,8H2,1H3,(H,11,12);1-3,9H,4H2,(H2,7,8);4H,2-3H2,1H3. The second-order valence-corrected chi connectivity index (χ2v) is 5.69. The Hall–Kier alpha value is -2.51. The lowest BCUT2D eigenvalue weighted by atomic mass is 10.3. The van der Waals surface area contributed by atoms with Crippen LogP contribution in [-0.4, -0.2) is 33.0 Å². The Kier molecular flexibility index (Phi) is 15.4. The maximum Gasteiger partial charge on any atom is 0.125 e. The summed E-state index contributed by atoms with van der Waals surface area (Å²) in [7, 11) is 0. The van der Waals surface area contributed by atoms with Crippen LogP contribution in [0.25, 0.3) is 0 Å². The van der Waals surface area contributed by atoms with Crippen molar-refractivity contribution in [2.45, 2.75) is 52.7 Å². The van der Waals surface area contributed by atoms with Crippen LogP contribution in [0.3, 0.4) is 0 Å². The first kappa shape index (κ1) is 24.5. The van der Waals surface area contributed by atoms with Gasteiger partial charge in [0.2, 0.25) is 0 Å². The molecule has 7 heteroatoms. The third-order valence-corrected chi connectivity index (χ3v) is 3.28. The number of anilines is 2. The number of aliphatic hydroxyl groups excluding tert-OH is 2. The Labute approximate surface area is 161 Å². The third-order valence-electron chi connectivity index (χ3n) is 3.28. The van der Waals surface area contributed by atoms with Gasteiger partial charge in [-0.1, -0.05) is 32.4 Å². The number of aliphatic hydroxyl groups is 2. The van der Waals surface area contributed by atoms with Gasteiger partial charge in [0, 0.05) is 25.4 Å². The van der Waals surface area contributed by atoms with Crippen LogP contribution in [0.15, 0.2) is 36.7 Å². The summed E-state index contributed by atoms with van der Waals surface area (Å²) in [5.74, 6) is 1.36. The van der Waals surface area contributed by atoms with E-state index in [-0.39, 0.29) is 13.2 Å². The van der Waals surface area contributed by atoms with Crippen LogP contribution in [0, 0.1) is 0 Å². The van der Waals surface area contributed by atoms with Crippen molar-refractivity contribution in [3.63, 3.8) is 0 Å². The molecule has 0 radical (unpaired) electrons. The van der Waals surface area contributed by atoms with E-state index in [2.05, 4.69) is 22.2 Å². The molecule has 0 atom stereocenters. The van der Waals surface area contributed by atoms with Crippen molar-refractivity contribution < 1.29 is 15.0 Å². The molecule has 2 heterocycles. The highest BCUT2D eigenvalue weighted by Gasteiger charge is 1.93. The number of hydrogen-bond acceptors (Lipinski definition) is 7. The van der Waals surface area contributed by atoms with E-state index < -0.39 is 0 Å². The van der Waals surface area contributed by atoms with Crippen LogP contribution in [-0.2, 0) is 18.0 Å². The van der Waals surface area contributed by atoms with Crippen LogP contribution in [0.5, 0.6) is 0 Å². The number of nitrogens with zero attached hydrogens (tertiary/aromatic N) is 2. The molecule has 0 saturated heterocycles. The van der Waals surface area contributed by atoms with Gasteiger partial charge in [-0.05, 0) is 36.1 Å². The van der Waals surface area contributed by atoms with Gasteiger partial charge in [-0.3, -0.25) is 0 Å². The number of aromatic nitrogens is 2. The van der Waals surface area contributed by atoms with Gasteiger partial charge in [-0.25, -0.2) is 9.97 Å². The van der Waals surface area contributed by atoms with E-state index in [0.717, 1.165) is 42.6 Å². The molecule has 0 fully saturated rings. The summed E-state index contributed by atoms with van der Waals surface area (Å²) in [4.78, 5) is 17.3. The van der Waals surface area contributed by atoms with Crippen molar-refractivity contribution in [1.82, 2.24) is 9.97 Å². The first-order valence-electron chi connectivity index (χ1n) is 9.15. The number of nitrogens with two attached hydrogens (primary N) is 1. The Morgan fingerprint density at radius 1 is 1.00 bits per heavy atom. The number of carbonyl (C=O) groups excluding carboxylic acids is 1. The van der Waals surface area contributed by atoms with Gasteiger partial charge in [0.05, 0.1) is 13.2 Å². The minimum Gasteiger partial charge on any atom is -0.392 e. The summed E-state index contributed by atoms with van der Waals surface area (Å²) in [6, 6.07) is 7.16. The molecular formula is C20H32N4O3. The van der Waals surface area contributed by atoms with Gasteiger partial charge in [0.1, 0.15) is 17.9 Å². The molecule has 2 aromatic rings. The first-order chi connectivity index (χ1) is 13.1. The van der Waals surface area contributed by atoms with Crippen LogP contribution >= 0.6 is 0 Å². The Balaban J connectivity index is 0.000000419. The maximum atomic E-state index is 9.40. The number of carbonyl (C=O) groups is 1. The number of pyridine rings is 2. The fraction of sp³-hybridized carbons (Fsp3) is 0.450. The van der Waals surface area contributed by atoms with Crippen molar-refractivity contribution in [2.75, 3.05) is 17.6 Å². The minimum absolute atomic E-state index is 0.0211. The van der Waals surface area contributed by atoms with Crippen molar-refractivity contribution in [3.8, 4) is 0 Å². The Morgan fingerprint density at radius 2 is 1.63 bits per heavy atom. The van der Waals surface area contributed by atoms with E-state index in [0.29, 0.717) is 12.2 Å². The van der Waals surface area contributed by atoms with Crippen LogP contribution < -0.4 is 11.1 Å². The summed E-state index contributed by atoms with van der Waals surface area (Å²) in [5.41, 5.74) is 6.92. The number of rotatable bonds is 8. The molecule has 0 amide bonds. The summed E-state index contributed by atoms with van der Waals surface area (Å²) in [6.45, 7) is 5.18. The monoisotopic (exact) mass is 376 g/mol. The highest BCUT2D eigenvalue weighted by molar-refractivity contribution is 5.48. The molecule has 0 aliphatic heterocycles. The van der Waals surface area contributed by atoms with Gasteiger partial charge in [-0.2, -0.15) is 0 Å². The molecule has 7 nitrogen and oxygen atoms in total. The summed E-state index contributed by atoms with van der Waals surface area (Å²) in [6.07, 6.45) is 8.19. The van der Waals surface area contributed by atoms with Crippen LogP contribution in [0.1, 0.15) is 50.7 Å². The average Bonchev–Trinajstić information content (AvgIpc) is 2.71. The van der Waals surface area contributed by atoms with Crippen molar-refractivity contribution in [2.24, 2.45) is 0 Å². The number of hydrogen-bond donors (Lipinski definition) is 4. The zero-order valence-corrected chi connectivity index (χ0v) is 16.3. The number of nitrogens with one attached hydrogen (secondary N) is 1. The second-order valence-electron chi connectivity index (χ2n) is 5.69. The second kappa shape index (κ2) is 16.9. The van der Waals surface area contributed by atoms with E-state index in [4.69, 9.17) is 15.9 Å². The SMILES string of the molecule is CCCC=O.CCCCNc1ccc(CO)cn1.Nc1ccc(CO)cn1. The lowest BCUT2D eigenvalue weighted by Gasteiger charge is -2.04. The smallest absolute Gasteiger partial charge is 0.125 e. The minimum atomic E-state index is 0.0211. The zero-order chi connectivity index (χ0) is 20.3. The lowest BCUT2D eigenvalue weighted by molar-refractivity contribution is -0.107. The maximum absolute atomic E-state index is 9.40. The third kappa shape index (κ3) is 13.4. The van der Waals surface area contributed by atoms with Crippen molar-refractivity contribution in [3.05, 3.63) is 47.8 Å². The summed E-state index contributed by atoms with van der Waals surface area (Å²) >= 11 is 0. The molecule has 0 spiro atoms. The van der Waals surface area contributed by atoms with Gasteiger partial charge in [0.25, 0.3) is 0 Å². The molecule has 5 N–H and O–H groups in total. The van der Waals surface area contributed by atoms with Crippen molar-refractivity contribution >= 4 is 17.9 Å². The van der Waals surface area contributed by atoms with E-state index in [9.17, 15) is 4.79 Å². The van der Waals surface area contributed by atoms with Gasteiger partial charge in [-0.15, -0.1) is 0 Å². The molecule has 2 aromatic heterocycles. The predicted molar refractivity (Wildman–Crippen MR) is 109 cm³/mol. The van der Waals surface area contributed by atoms with Crippen molar-refractivity contribution in [1.29, 1.82) is 0 Å². The Bertz CT molecular complexity index is 589. The molecule has 0 unspecified atom stereocenters. The van der Waals surface area contributed by atoms with Crippen LogP contribution in [0.2, 0.25) is 0 Å². The largest absolute Gasteiger partial charge is 0.392 e. The fourth-order valence-electron chi connectivity index (χ4n) is 1.66. The molecule has 2 rings (SSSR count). The summed E-state index contributed by atoms with van der Waals surface area (Å²) < 4.78 is 0. The predicted octanol–water partition coefficient (Wildman–Crippen LogP) is 2.93. The fourth-order valence-corrected chi connectivity index (χ4v) is 1.66. The zero-order valence-electron chi connectivity index (χ0n) is 16.3. The summed E-state index contributed by atoms with van der Waals surface area (Å²) in [5, 5.41) is 20.5. The van der Waals surface area contributed by atoms with Gasteiger partial charge in [0.15, 0.2) is 0 Å². The molecule has 0 aliphatic rings. The first-order valence-corrected chi connectivity index (χ1v) is 9.15. The lowest BCUT2D eigenvalue weighted by Crippen LogP contribution is -2.02. The van der Waals surface area contributed by atoms with Gasteiger partial charge < -0.3 is 26.1 Å². The van der Waals surface area contributed by atoms with Crippen LogP contribution in [0.4, 0.5) is 11.6 Å². The number of nitrogen functional groups attached to an aromatic ring is 1. The van der Waals surface area contributed by atoms with E-state index in [1.807, 2.05) is 19.1 Å². The quantitative estimate of drug-likeness (QED) is 0.413. The average molecular weight is 377 g/mol. The molecular weight excluding hydrogens is 344 g/mol. The topological polar surface area (TPSA) is 121 Å². The Morgan fingerprint density at radius 3 is 2.00 bits per heavy atom. The number of aldehydes is 1. The highest BCUT2D eigenvalue weighted by atomic mass is 16.3. The van der Waals surface area contributed by atoms with Gasteiger partial charge >= 0.3 is 0 Å². The molecule has 150 valence electrons. The van der Waals surface area contributed by atoms with E-state index >= 15 is 0 Å². The highest BCUT2D eigenvalue weighted by Crippen LogP contribution is 2.04. The normalized spacial score (nSPS) is 9.33. The van der Waals surface area contributed by atoms with E-state index in [1.165, 1.54) is 6.42 Å². The molecule has 0 bridgehead atoms. The molecule has 0 aliphatic carbocycles. The van der Waals surface area contributed by atoms with E-state index in [1.54, 1.807) is 24.5 Å². The molecule has 0 saturated carbocycles. The molecule has 27 heavy (non-hydrogen) atoms. The molecule has 0 aromatic carbocycles.